The van der Waals surface area contributed by atoms with Crippen molar-refractivity contribution in [2.75, 3.05) is 5.32 Å². The van der Waals surface area contributed by atoms with Gasteiger partial charge in [0, 0.05) is 12.2 Å². The van der Waals surface area contributed by atoms with Gasteiger partial charge < -0.3 is 15.4 Å². The highest BCUT2D eigenvalue weighted by atomic mass is 16.6. The van der Waals surface area contributed by atoms with Gasteiger partial charge in [-0.05, 0) is 89.2 Å². The van der Waals surface area contributed by atoms with Crippen molar-refractivity contribution in [3.63, 3.8) is 0 Å². The number of carbonyl (C=O) groups is 2. The van der Waals surface area contributed by atoms with E-state index in [0.717, 1.165) is 32.1 Å². The van der Waals surface area contributed by atoms with Crippen molar-refractivity contribution < 1.29 is 14.3 Å². The maximum absolute atomic E-state index is 13.2. The van der Waals surface area contributed by atoms with E-state index in [1.54, 1.807) is 6.20 Å². The number of hydrogen-bond acceptors (Lipinski definition) is 4. The maximum Gasteiger partial charge on any atom is 0.407 e. The molecule has 1 heterocycles. The average molecular weight is 386 g/mol. The summed E-state index contributed by atoms with van der Waals surface area (Å²) in [6.45, 7) is 5.65. The lowest BCUT2D eigenvalue weighted by molar-refractivity contribution is -0.127. The normalized spacial score (nSPS) is 33.8. The molecule has 6 heteroatoms. The molecule has 5 atom stereocenters. The zero-order valence-electron chi connectivity index (χ0n) is 17.0. The molecular weight excluding hydrogens is 354 g/mol. The Morgan fingerprint density at radius 2 is 1.86 bits per heavy atom. The SMILES string of the molecule is CC(C)(C)OC(=O)NC1CC2CC3CC(C(=O)Nc4ccccn4)(C2)CC3C1. The molecule has 3 aliphatic carbocycles. The summed E-state index contributed by atoms with van der Waals surface area (Å²) in [5.41, 5.74) is -0.757. The van der Waals surface area contributed by atoms with E-state index >= 15 is 0 Å². The van der Waals surface area contributed by atoms with Crippen molar-refractivity contribution in [1.29, 1.82) is 0 Å². The van der Waals surface area contributed by atoms with E-state index < -0.39 is 5.60 Å². The summed E-state index contributed by atoms with van der Waals surface area (Å²) in [7, 11) is 0. The van der Waals surface area contributed by atoms with E-state index in [1.165, 1.54) is 6.42 Å². The summed E-state index contributed by atoms with van der Waals surface area (Å²) in [5.74, 6) is 2.30. The molecule has 1 aromatic heterocycles. The van der Waals surface area contributed by atoms with Gasteiger partial charge in [0.25, 0.3) is 0 Å². The number of ether oxygens (including phenoxy) is 1. The van der Waals surface area contributed by atoms with Gasteiger partial charge in [0.2, 0.25) is 5.91 Å². The highest BCUT2D eigenvalue weighted by Gasteiger charge is 2.56. The van der Waals surface area contributed by atoms with Crippen LogP contribution in [-0.2, 0) is 9.53 Å². The molecule has 3 fully saturated rings. The first-order valence-electron chi connectivity index (χ1n) is 10.4. The second kappa shape index (κ2) is 7.05. The van der Waals surface area contributed by atoms with Gasteiger partial charge in [0.15, 0.2) is 0 Å². The third-order valence-corrected chi connectivity index (χ3v) is 6.60. The van der Waals surface area contributed by atoms with Crippen molar-refractivity contribution in [1.82, 2.24) is 10.3 Å². The predicted molar refractivity (Wildman–Crippen MR) is 107 cm³/mol. The van der Waals surface area contributed by atoms with E-state index in [-0.39, 0.29) is 23.5 Å². The molecule has 6 nitrogen and oxygen atoms in total. The van der Waals surface area contributed by atoms with Gasteiger partial charge in [0.05, 0.1) is 5.41 Å². The Morgan fingerprint density at radius 3 is 2.54 bits per heavy atom. The number of amides is 2. The zero-order chi connectivity index (χ0) is 19.9. The highest BCUT2D eigenvalue weighted by Crippen LogP contribution is 2.60. The minimum Gasteiger partial charge on any atom is -0.444 e. The third kappa shape index (κ3) is 4.01. The molecule has 4 rings (SSSR count). The first kappa shape index (κ1) is 19.2. The number of nitrogens with one attached hydrogen (secondary N) is 2. The van der Waals surface area contributed by atoms with Gasteiger partial charge in [-0.15, -0.1) is 0 Å². The number of pyridine rings is 1. The van der Waals surface area contributed by atoms with Crippen LogP contribution in [0.15, 0.2) is 24.4 Å². The summed E-state index contributed by atoms with van der Waals surface area (Å²) < 4.78 is 5.44. The van der Waals surface area contributed by atoms with Crippen LogP contribution in [0.25, 0.3) is 0 Å². The molecule has 0 saturated heterocycles. The van der Waals surface area contributed by atoms with Gasteiger partial charge >= 0.3 is 6.09 Å². The van der Waals surface area contributed by atoms with Crippen LogP contribution >= 0.6 is 0 Å². The molecule has 0 radical (unpaired) electrons. The first-order valence-corrected chi connectivity index (χ1v) is 10.4. The quantitative estimate of drug-likeness (QED) is 0.820. The number of aromatic nitrogens is 1. The summed E-state index contributed by atoms with van der Waals surface area (Å²) in [4.78, 5) is 29.6. The molecule has 152 valence electrons. The lowest BCUT2D eigenvalue weighted by atomic mass is 9.69. The standard InChI is InChI=1S/C22H31N3O3/c1-21(2,3)28-20(27)24-17-9-14-8-15-12-22(11-14,13-16(15)10-17)19(26)25-18-6-4-5-7-23-18/h4-7,14-17H,8-13H2,1-3H3,(H,24,27)(H,23,25,26). The van der Waals surface area contributed by atoms with Crippen LogP contribution in [0.5, 0.6) is 0 Å². The number of rotatable bonds is 3. The van der Waals surface area contributed by atoms with Crippen LogP contribution in [0.2, 0.25) is 0 Å². The second-order valence-corrected chi connectivity index (χ2v) is 10.00. The Kier molecular flexibility index (Phi) is 4.84. The largest absolute Gasteiger partial charge is 0.444 e. The molecule has 28 heavy (non-hydrogen) atoms. The molecule has 3 saturated carbocycles. The van der Waals surface area contributed by atoms with E-state index in [9.17, 15) is 9.59 Å². The summed E-state index contributed by atoms with van der Waals surface area (Å²) in [5, 5.41) is 6.14. The lowest BCUT2D eigenvalue weighted by Gasteiger charge is -2.37. The van der Waals surface area contributed by atoms with E-state index in [1.807, 2.05) is 39.0 Å². The Labute approximate surface area is 166 Å². The zero-order valence-corrected chi connectivity index (χ0v) is 17.0. The van der Waals surface area contributed by atoms with E-state index in [2.05, 4.69) is 15.6 Å². The molecule has 0 aromatic carbocycles. The minimum atomic E-state index is -0.486. The highest BCUT2D eigenvalue weighted by molar-refractivity contribution is 5.95. The number of carbonyl (C=O) groups excluding carboxylic acids is 2. The van der Waals surface area contributed by atoms with Gasteiger partial charge in [-0.25, -0.2) is 9.78 Å². The van der Waals surface area contributed by atoms with Crippen molar-refractivity contribution in [3.8, 4) is 0 Å². The van der Waals surface area contributed by atoms with Gasteiger partial charge in [-0.2, -0.15) is 0 Å². The fourth-order valence-corrected chi connectivity index (χ4v) is 5.80. The van der Waals surface area contributed by atoms with E-state index in [4.69, 9.17) is 4.74 Å². The monoisotopic (exact) mass is 385 g/mol. The molecule has 2 amide bonds. The molecule has 3 bridgehead atoms. The molecular formula is C22H31N3O3. The number of nitrogens with zero attached hydrogens (tertiary/aromatic N) is 1. The minimum absolute atomic E-state index is 0.127. The van der Waals surface area contributed by atoms with Crippen LogP contribution in [0, 0.1) is 23.2 Å². The molecule has 0 aliphatic heterocycles. The fourth-order valence-electron chi connectivity index (χ4n) is 5.80. The predicted octanol–water partition coefficient (Wildman–Crippen LogP) is 4.13. The molecule has 5 unspecified atom stereocenters. The Morgan fingerprint density at radius 1 is 1.11 bits per heavy atom. The van der Waals surface area contributed by atoms with Crippen LogP contribution in [0.4, 0.5) is 10.6 Å². The summed E-state index contributed by atoms with van der Waals surface area (Å²) >= 11 is 0. The van der Waals surface area contributed by atoms with Gasteiger partial charge in [-0.1, -0.05) is 6.07 Å². The van der Waals surface area contributed by atoms with Crippen LogP contribution in [0.1, 0.15) is 59.3 Å². The van der Waals surface area contributed by atoms with Crippen molar-refractivity contribution >= 4 is 17.8 Å². The number of fused-ring (bicyclic) bond motifs is 2. The summed E-state index contributed by atoms with van der Waals surface area (Å²) in [6, 6.07) is 5.72. The van der Waals surface area contributed by atoms with Crippen LogP contribution in [0.3, 0.4) is 0 Å². The van der Waals surface area contributed by atoms with Crippen molar-refractivity contribution in [3.05, 3.63) is 24.4 Å². The molecule has 0 spiro atoms. The van der Waals surface area contributed by atoms with Crippen LogP contribution in [-0.4, -0.2) is 28.6 Å². The molecule has 3 aliphatic rings. The third-order valence-electron chi connectivity index (χ3n) is 6.60. The van der Waals surface area contributed by atoms with Gasteiger partial charge in [0.1, 0.15) is 11.4 Å². The molecule has 2 N–H and O–H groups in total. The average Bonchev–Trinajstić information content (AvgIpc) is 2.78. The van der Waals surface area contributed by atoms with Crippen molar-refractivity contribution in [2.24, 2.45) is 23.2 Å². The Hall–Kier alpha value is -2.11. The van der Waals surface area contributed by atoms with E-state index in [0.29, 0.717) is 23.6 Å². The fraction of sp³-hybridized carbons (Fsp3) is 0.682. The number of alkyl carbamates (subject to hydrolysis) is 1. The molecule has 1 aromatic rings. The number of hydrogen-bond donors (Lipinski definition) is 2. The van der Waals surface area contributed by atoms with Crippen molar-refractivity contribution in [2.45, 2.75) is 70.9 Å². The second-order valence-electron chi connectivity index (χ2n) is 10.00. The van der Waals surface area contributed by atoms with Crippen LogP contribution < -0.4 is 10.6 Å². The topological polar surface area (TPSA) is 80.3 Å². The lowest BCUT2D eigenvalue weighted by Crippen LogP contribution is -2.43. The maximum atomic E-state index is 13.2. The van der Waals surface area contributed by atoms with Gasteiger partial charge in [-0.3, -0.25) is 4.79 Å². The number of anilines is 1. The smallest absolute Gasteiger partial charge is 0.407 e. The Balaban J connectivity index is 1.42. The Bertz CT molecular complexity index is 741. The summed E-state index contributed by atoms with van der Waals surface area (Å²) in [6.07, 6.45) is 7.22. The first-order chi connectivity index (χ1) is 13.2.